The number of carbonyl (C=O) groups is 1. The summed E-state index contributed by atoms with van der Waals surface area (Å²) in [5.74, 6) is 0.0768. The molecule has 106 valence electrons. The second-order valence-corrected chi connectivity index (χ2v) is 5.83. The lowest BCUT2D eigenvalue weighted by molar-refractivity contribution is 0.0757. The van der Waals surface area contributed by atoms with E-state index in [4.69, 9.17) is 0 Å². The van der Waals surface area contributed by atoms with Crippen LogP contribution in [0.4, 0.5) is 0 Å². The van der Waals surface area contributed by atoms with Gasteiger partial charge in [0.25, 0.3) is 5.91 Å². The van der Waals surface area contributed by atoms with E-state index < -0.39 is 0 Å². The molecular weight excluding hydrogens is 268 g/mol. The fourth-order valence-corrected chi connectivity index (χ4v) is 2.87. The molecule has 0 spiro atoms. The first kappa shape index (κ1) is 14.7. The highest BCUT2D eigenvalue weighted by molar-refractivity contribution is 7.13. The standard InChI is InChI=1S/C16H20N2OS/c1-4-15-17-10-14(20-15)16(19)18(5-2)11-13-9-7-6-8-12(13)3/h6-10H,4-5,11H2,1-3H3. The van der Waals surface area contributed by atoms with Crippen LogP contribution in [0.25, 0.3) is 0 Å². The number of aryl methyl sites for hydroxylation is 2. The molecule has 0 radical (unpaired) electrons. The highest BCUT2D eigenvalue weighted by atomic mass is 32.1. The Hall–Kier alpha value is -1.68. The summed E-state index contributed by atoms with van der Waals surface area (Å²) in [5.41, 5.74) is 2.42. The van der Waals surface area contributed by atoms with Gasteiger partial charge < -0.3 is 4.90 Å². The molecular formula is C16H20N2OS. The van der Waals surface area contributed by atoms with E-state index in [2.05, 4.69) is 31.0 Å². The van der Waals surface area contributed by atoms with Crippen LogP contribution in [-0.2, 0) is 13.0 Å². The maximum atomic E-state index is 12.5. The second kappa shape index (κ2) is 6.66. The van der Waals surface area contributed by atoms with Gasteiger partial charge in [-0.2, -0.15) is 0 Å². The van der Waals surface area contributed by atoms with Gasteiger partial charge in [-0.05, 0) is 31.4 Å². The third-order valence-electron chi connectivity index (χ3n) is 3.36. The summed E-state index contributed by atoms with van der Waals surface area (Å²) in [6, 6.07) is 8.20. The van der Waals surface area contributed by atoms with Crippen LogP contribution < -0.4 is 0 Å². The number of aromatic nitrogens is 1. The molecule has 1 aromatic heterocycles. The first-order valence-electron chi connectivity index (χ1n) is 6.94. The molecule has 1 amide bonds. The normalized spacial score (nSPS) is 10.6. The Morgan fingerprint density at radius 1 is 1.30 bits per heavy atom. The fourth-order valence-electron chi connectivity index (χ4n) is 2.05. The molecule has 0 atom stereocenters. The summed E-state index contributed by atoms with van der Waals surface area (Å²) in [5, 5.41) is 1.01. The largest absolute Gasteiger partial charge is 0.334 e. The Morgan fingerprint density at radius 3 is 2.65 bits per heavy atom. The number of benzene rings is 1. The highest BCUT2D eigenvalue weighted by Gasteiger charge is 2.17. The van der Waals surface area contributed by atoms with Crippen LogP contribution in [0, 0.1) is 6.92 Å². The molecule has 0 bridgehead atoms. The Labute approximate surface area is 124 Å². The predicted molar refractivity (Wildman–Crippen MR) is 83.1 cm³/mol. The molecule has 1 aromatic carbocycles. The van der Waals surface area contributed by atoms with Crippen molar-refractivity contribution in [1.29, 1.82) is 0 Å². The molecule has 1 heterocycles. The minimum Gasteiger partial charge on any atom is -0.334 e. The summed E-state index contributed by atoms with van der Waals surface area (Å²) < 4.78 is 0. The molecule has 0 saturated heterocycles. The van der Waals surface area contributed by atoms with E-state index in [1.54, 1.807) is 6.20 Å². The number of rotatable bonds is 5. The molecule has 0 aliphatic heterocycles. The van der Waals surface area contributed by atoms with Crippen LogP contribution >= 0.6 is 11.3 Å². The van der Waals surface area contributed by atoms with Crippen molar-refractivity contribution in [3.8, 4) is 0 Å². The van der Waals surface area contributed by atoms with Crippen molar-refractivity contribution in [3.63, 3.8) is 0 Å². The van der Waals surface area contributed by atoms with Gasteiger partial charge in [-0.3, -0.25) is 4.79 Å². The van der Waals surface area contributed by atoms with Crippen molar-refractivity contribution in [2.45, 2.75) is 33.7 Å². The van der Waals surface area contributed by atoms with Crippen LogP contribution in [0.3, 0.4) is 0 Å². The third-order valence-corrected chi connectivity index (χ3v) is 4.49. The van der Waals surface area contributed by atoms with Crippen molar-refractivity contribution >= 4 is 17.2 Å². The van der Waals surface area contributed by atoms with Gasteiger partial charge in [0.15, 0.2) is 0 Å². The number of carbonyl (C=O) groups excluding carboxylic acids is 1. The monoisotopic (exact) mass is 288 g/mol. The number of amides is 1. The quantitative estimate of drug-likeness (QED) is 0.841. The number of thiazole rings is 1. The third kappa shape index (κ3) is 3.25. The lowest BCUT2D eigenvalue weighted by Gasteiger charge is -2.21. The molecule has 0 saturated carbocycles. The minimum absolute atomic E-state index is 0.0768. The predicted octanol–water partition coefficient (Wildman–Crippen LogP) is 3.68. The average molecular weight is 288 g/mol. The van der Waals surface area contributed by atoms with Gasteiger partial charge in [-0.1, -0.05) is 31.2 Å². The SMILES string of the molecule is CCc1ncc(C(=O)N(CC)Cc2ccccc2C)s1. The van der Waals surface area contributed by atoms with E-state index in [1.165, 1.54) is 22.5 Å². The molecule has 0 fully saturated rings. The summed E-state index contributed by atoms with van der Waals surface area (Å²) in [4.78, 5) is 19.4. The van der Waals surface area contributed by atoms with Crippen LogP contribution in [0.5, 0.6) is 0 Å². The van der Waals surface area contributed by atoms with Gasteiger partial charge in [-0.25, -0.2) is 4.98 Å². The maximum Gasteiger partial charge on any atom is 0.265 e. The van der Waals surface area contributed by atoms with E-state index in [1.807, 2.05) is 24.0 Å². The van der Waals surface area contributed by atoms with Crippen molar-refractivity contribution < 1.29 is 4.79 Å². The number of hydrogen-bond acceptors (Lipinski definition) is 3. The smallest absolute Gasteiger partial charge is 0.265 e. The van der Waals surface area contributed by atoms with E-state index in [9.17, 15) is 4.79 Å². The molecule has 4 heteroatoms. The first-order valence-corrected chi connectivity index (χ1v) is 7.75. The van der Waals surface area contributed by atoms with Gasteiger partial charge in [0, 0.05) is 13.1 Å². The second-order valence-electron chi connectivity index (χ2n) is 4.72. The van der Waals surface area contributed by atoms with Crippen LogP contribution in [0.1, 0.15) is 39.7 Å². The van der Waals surface area contributed by atoms with Gasteiger partial charge in [0.1, 0.15) is 4.88 Å². The van der Waals surface area contributed by atoms with Crippen molar-refractivity contribution in [2.75, 3.05) is 6.54 Å². The molecule has 0 aliphatic rings. The molecule has 20 heavy (non-hydrogen) atoms. The highest BCUT2D eigenvalue weighted by Crippen LogP contribution is 2.18. The average Bonchev–Trinajstić information content (AvgIpc) is 2.94. The Balaban J connectivity index is 2.15. The summed E-state index contributed by atoms with van der Waals surface area (Å²) in [6.45, 7) is 7.50. The zero-order valence-corrected chi connectivity index (χ0v) is 13.0. The van der Waals surface area contributed by atoms with Crippen molar-refractivity contribution in [1.82, 2.24) is 9.88 Å². The summed E-state index contributed by atoms with van der Waals surface area (Å²) in [6.07, 6.45) is 2.58. The van der Waals surface area contributed by atoms with E-state index in [-0.39, 0.29) is 5.91 Å². The summed E-state index contributed by atoms with van der Waals surface area (Å²) >= 11 is 1.50. The molecule has 0 unspecified atom stereocenters. The Kier molecular flexibility index (Phi) is 4.90. The van der Waals surface area contributed by atoms with Crippen LogP contribution in [0.2, 0.25) is 0 Å². The van der Waals surface area contributed by atoms with Crippen molar-refractivity contribution in [2.24, 2.45) is 0 Å². The van der Waals surface area contributed by atoms with Gasteiger partial charge in [0.05, 0.1) is 11.2 Å². The van der Waals surface area contributed by atoms with E-state index >= 15 is 0 Å². The number of nitrogens with zero attached hydrogens (tertiary/aromatic N) is 2. The Bertz CT molecular complexity index is 592. The molecule has 2 aromatic rings. The molecule has 2 rings (SSSR count). The minimum atomic E-state index is 0.0768. The topological polar surface area (TPSA) is 33.2 Å². The molecule has 3 nitrogen and oxygen atoms in total. The lowest BCUT2D eigenvalue weighted by atomic mass is 10.1. The summed E-state index contributed by atoms with van der Waals surface area (Å²) in [7, 11) is 0. The molecule has 0 N–H and O–H groups in total. The number of hydrogen-bond donors (Lipinski definition) is 0. The van der Waals surface area contributed by atoms with Gasteiger partial charge >= 0.3 is 0 Å². The lowest BCUT2D eigenvalue weighted by Crippen LogP contribution is -2.30. The van der Waals surface area contributed by atoms with Gasteiger partial charge in [-0.15, -0.1) is 11.3 Å². The first-order chi connectivity index (χ1) is 9.65. The zero-order valence-electron chi connectivity index (χ0n) is 12.2. The molecule has 0 aliphatic carbocycles. The van der Waals surface area contributed by atoms with E-state index in [0.29, 0.717) is 13.1 Å². The Morgan fingerprint density at radius 2 is 2.05 bits per heavy atom. The van der Waals surface area contributed by atoms with Gasteiger partial charge in [0.2, 0.25) is 0 Å². The van der Waals surface area contributed by atoms with Crippen molar-refractivity contribution in [3.05, 3.63) is 51.5 Å². The van der Waals surface area contributed by atoms with Crippen LogP contribution in [-0.4, -0.2) is 22.3 Å². The zero-order chi connectivity index (χ0) is 14.5. The van der Waals surface area contributed by atoms with Crippen LogP contribution in [0.15, 0.2) is 30.5 Å². The fraction of sp³-hybridized carbons (Fsp3) is 0.375. The maximum absolute atomic E-state index is 12.5. The van der Waals surface area contributed by atoms with E-state index in [0.717, 1.165) is 16.3 Å².